The second kappa shape index (κ2) is 12.6. The number of hydrogen-bond donors (Lipinski definition) is 5. The lowest BCUT2D eigenvalue weighted by atomic mass is 9.74. The van der Waals surface area contributed by atoms with E-state index in [2.05, 4.69) is 15.6 Å². The summed E-state index contributed by atoms with van der Waals surface area (Å²) in [6.45, 7) is 4.98. The first kappa shape index (κ1) is 28.8. The Labute approximate surface area is 219 Å². The Morgan fingerprint density at radius 2 is 1.71 bits per heavy atom. The van der Waals surface area contributed by atoms with Crippen molar-refractivity contribution in [1.29, 1.82) is 0 Å². The van der Waals surface area contributed by atoms with Crippen LogP contribution in [-0.4, -0.2) is 81.5 Å². The molecule has 5 atom stereocenters. The number of aliphatic hydroxyl groups is 2. The first-order valence-corrected chi connectivity index (χ1v) is 12.1. The van der Waals surface area contributed by atoms with E-state index in [-0.39, 0.29) is 18.0 Å². The van der Waals surface area contributed by atoms with Crippen LogP contribution in [0.2, 0.25) is 0 Å². The minimum absolute atomic E-state index is 0.0297. The smallest absolute Gasteiger partial charge is 0.506 e. The number of carboxylic acid groups (broad SMARTS) is 1. The maximum Gasteiger partial charge on any atom is 0.552 e. The minimum atomic E-state index is -2.15. The first-order chi connectivity index (χ1) is 18.0. The van der Waals surface area contributed by atoms with E-state index in [4.69, 9.17) is 14.4 Å². The number of carbonyl (C=O) groups excluding carboxylic acids is 3. The van der Waals surface area contributed by atoms with Gasteiger partial charge in [0.05, 0.1) is 17.7 Å². The number of nitrogens with one attached hydrogen (secondary N) is 2. The Balaban J connectivity index is 1.74. The van der Waals surface area contributed by atoms with Gasteiger partial charge in [-0.1, -0.05) is 50.2 Å². The molecule has 12 nitrogen and oxygen atoms in total. The molecule has 2 aromatic rings. The molecule has 202 valence electrons. The fourth-order valence-electron chi connectivity index (χ4n) is 3.89. The highest BCUT2D eigenvalue weighted by molar-refractivity contribution is 6.51. The standard InChI is InChI=1S/C25H30BN3O9/c1-13(2)12-18(26-37-21(25(36)38-26)20(31)24(34)35)28-23(33)19(14(3)30)29-22(32)17-11-7-10-16(27-17)15-8-5-4-6-9-15/h4-11,13-14,18-21,30-31H,12H2,1-3H3,(H,28,33)(H,29,32)(H,34,35)/t14-,18+,19+,20-,21-/m1/s1. The molecule has 0 spiro atoms. The Morgan fingerprint density at radius 1 is 1.03 bits per heavy atom. The van der Waals surface area contributed by atoms with Gasteiger partial charge in [0.25, 0.3) is 5.91 Å². The zero-order valence-electron chi connectivity index (χ0n) is 21.1. The van der Waals surface area contributed by atoms with Gasteiger partial charge in [-0.15, -0.1) is 0 Å². The van der Waals surface area contributed by atoms with Crippen molar-refractivity contribution in [2.45, 2.75) is 57.5 Å². The van der Waals surface area contributed by atoms with E-state index in [9.17, 15) is 29.4 Å². The fourth-order valence-corrected chi connectivity index (χ4v) is 3.89. The first-order valence-electron chi connectivity index (χ1n) is 12.1. The summed E-state index contributed by atoms with van der Waals surface area (Å²) in [5.41, 5.74) is 1.37. The van der Waals surface area contributed by atoms with E-state index < -0.39 is 61.2 Å². The molecule has 0 bridgehead atoms. The van der Waals surface area contributed by atoms with Crippen molar-refractivity contribution in [3.05, 3.63) is 54.2 Å². The zero-order chi connectivity index (χ0) is 28.0. The number of amides is 2. The maximum absolute atomic E-state index is 13.1. The Hall–Kier alpha value is -3.81. The summed E-state index contributed by atoms with van der Waals surface area (Å²) >= 11 is 0. The highest BCUT2D eigenvalue weighted by atomic mass is 16.7. The third-order valence-electron chi connectivity index (χ3n) is 5.77. The van der Waals surface area contributed by atoms with E-state index >= 15 is 0 Å². The van der Waals surface area contributed by atoms with Crippen LogP contribution in [0.5, 0.6) is 0 Å². The average molecular weight is 527 g/mol. The lowest BCUT2D eigenvalue weighted by molar-refractivity contribution is -0.157. The van der Waals surface area contributed by atoms with Crippen molar-refractivity contribution in [3.63, 3.8) is 0 Å². The summed E-state index contributed by atoms with van der Waals surface area (Å²) in [6, 6.07) is 12.6. The summed E-state index contributed by atoms with van der Waals surface area (Å²) in [7, 11) is -1.39. The van der Waals surface area contributed by atoms with Crippen LogP contribution in [0.4, 0.5) is 0 Å². The molecule has 1 saturated heterocycles. The van der Waals surface area contributed by atoms with Gasteiger partial charge in [-0.2, -0.15) is 0 Å². The summed E-state index contributed by atoms with van der Waals surface area (Å²) in [5.74, 6) is -5.24. The van der Waals surface area contributed by atoms with Gasteiger partial charge < -0.3 is 35.3 Å². The Kier molecular flexibility index (Phi) is 9.56. The molecule has 3 rings (SSSR count). The predicted molar refractivity (Wildman–Crippen MR) is 134 cm³/mol. The van der Waals surface area contributed by atoms with Gasteiger partial charge in [-0.3, -0.25) is 14.4 Å². The molecular weight excluding hydrogens is 497 g/mol. The highest BCUT2D eigenvalue weighted by Crippen LogP contribution is 2.21. The summed E-state index contributed by atoms with van der Waals surface area (Å²) in [4.78, 5) is 53.6. The molecule has 1 aliphatic rings. The number of hydrogen-bond acceptors (Lipinski definition) is 9. The third kappa shape index (κ3) is 7.15. The number of carboxylic acids is 1. The molecule has 0 unspecified atom stereocenters. The van der Waals surface area contributed by atoms with E-state index in [0.29, 0.717) is 5.69 Å². The van der Waals surface area contributed by atoms with Gasteiger partial charge in [0.2, 0.25) is 5.91 Å². The molecule has 1 fully saturated rings. The largest absolute Gasteiger partial charge is 0.552 e. The second-order valence-corrected chi connectivity index (χ2v) is 9.36. The summed E-state index contributed by atoms with van der Waals surface area (Å²) in [6.07, 6.45) is -4.99. The fraction of sp³-hybridized carbons (Fsp3) is 0.400. The van der Waals surface area contributed by atoms with Crippen LogP contribution in [-0.2, 0) is 23.7 Å². The number of aliphatic carboxylic acids is 1. The topological polar surface area (TPSA) is 184 Å². The van der Waals surface area contributed by atoms with E-state index in [0.717, 1.165) is 5.56 Å². The van der Waals surface area contributed by atoms with Gasteiger partial charge in [-0.25, -0.2) is 9.78 Å². The number of aliphatic hydroxyl groups excluding tert-OH is 2. The van der Waals surface area contributed by atoms with Crippen LogP contribution < -0.4 is 10.6 Å². The molecule has 0 aliphatic carbocycles. The van der Waals surface area contributed by atoms with Crippen molar-refractivity contribution in [1.82, 2.24) is 15.6 Å². The second-order valence-electron chi connectivity index (χ2n) is 9.36. The molecule has 0 radical (unpaired) electrons. The molecule has 1 aromatic carbocycles. The average Bonchev–Trinajstić information content (AvgIpc) is 3.27. The van der Waals surface area contributed by atoms with E-state index in [1.165, 1.54) is 13.0 Å². The van der Waals surface area contributed by atoms with Crippen molar-refractivity contribution in [2.24, 2.45) is 5.92 Å². The van der Waals surface area contributed by atoms with Gasteiger partial charge in [0.15, 0.2) is 12.2 Å². The number of pyridine rings is 1. The number of nitrogens with zero attached hydrogens (tertiary/aromatic N) is 1. The van der Waals surface area contributed by atoms with Gasteiger partial charge in [0, 0.05) is 5.56 Å². The molecule has 38 heavy (non-hydrogen) atoms. The lowest BCUT2D eigenvalue weighted by Gasteiger charge is -2.26. The highest BCUT2D eigenvalue weighted by Gasteiger charge is 2.50. The number of carbonyl (C=O) groups is 4. The van der Waals surface area contributed by atoms with Crippen LogP contribution in [0.25, 0.3) is 11.3 Å². The lowest BCUT2D eigenvalue weighted by Crippen LogP contribution is -2.58. The van der Waals surface area contributed by atoms with Crippen molar-refractivity contribution in [2.75, 3.05) is 0 Å². The predicted octanol–water partition coefficient (Wildman–Crippen LogP) is 0.174. The van der Waals surface area contributed by atoms with E-state index in [1.54, 1.807) is 12.1 Å². The van der Waals surface area contributed by atoms with E-state index in [1.807, 2.05) is 44.2 Å². The zero-order valence-corrected chi connectivity index (χ0v) is 21.1. The number of rotatable bonds is 11. The van der Waals surface area contributed by atoms with Gasteiger partial charge >= 0.3 is 19.1 Å². The molecule has 0 saturated carbocycles. The van der Waals surface area contributed by atoms with Crippen molar-refractivity contribution >= 4 is 30.9 Å². The van der Waals surface area contributed by atoms with Gasteiger partial charge in [-0.05, 0) is 31.4 Å². The molecule has 2 amide bonds. The molecule has 13 heteroatoms. The van der Waals surface area contributed by atoms with Crippen molar-refractivity contribution < 1.29 is 43.8 Å². The number of benzene rings is 1. The summed E-state index contributed by atoms with van der Waals surface area (Å²) < 4.78 is 10.4. The van der Waals surface area contributed by atoms with Crippen LogP contribution in [0.3, 0.4) is 0 Å². The van der Waals surface area contributed by atoms with Crippen molar-refractivity contribution in [3.8, 4) is 11.3 Å². The monoisotopic (exact) mass is 527 g/mol. The number of aromatic nitrogens is 1. The van der Waals surface area contributed by atoms with Crippen LogP contribution in [0.1, 0.15) is 37.7 Å². The Morgan fingerprint density at radius 3 is 2.32 bits per heavy atom. The van der Waals surface area contributed by atoms with Gasteiger partial charge in [0.1, 0.15) is 11.7 Å². The molecule has 2 heterocycles. The Bertz CT molecular complexity index is 1160. The summed E-state index contributed by atoms with van der Waals surface area (Å²) in [5, 5.41) is 34.1. The molecular formula is C25H30BN3O9. The third-order valence-corrected chi connectivity index (χ3v) is 5.77. The maximum atomic E-state index is 13.1. The molecule has 1 aromatic heterocycles. The van der Waals surface area contributed by atoms with Crippen LogP contribution >= 0.6 is 0 Å². The molecule has 1 aliphatic heterocycles. The quantitative estimate of drug-likeness (QED) is 0.253. The molecule has 5 N–H and O–H groups in total. The minimum Gasteiger partial charge on any atom is -0.506 e. The van der Waals surface area contributed by atoms with Crippen LogP contribution in [0.15, 0.2) is 48.5 Å². The SMILES string of the molecule is CC(C)C[C@H](NC(=O)[C@@H](NC(=O)c1cccc(-c2ccccc2)n1)[C@@H](C)O)B1OC(=O)[C@@H]([C@@H](O)C(=O)O)O1. The van der Waals surface area contributed by atoms with Crippen LogP contribution in [0, 0.1) is 5.92 Å². The normalized spacial score (nSPS) is 18.3.